The fraction of sp³-hybridized carbons (Fsp3) is 0.381. The maximum absolute atomic E-state index is 12.9. The number of hydrogen-bond donors (Lipinski definition) is 1. The van der Waals surface area contributed by atoms with Crippen LogP contribution in [0.1, 0.15) is 52.0 Å². The third kappa shape index (κ3) is 4.45. The van der Waals surface area contributed by atoms with Crippen LogP contribution in [0, 0.1) is 6.92 Å². The van der Waals surface area contributed by atoms with E-state index in [0.29, 0.717) is 11.1 Å². The standard InChI is InChI=1S/C21H25N3O3/c1-15-7-9-16(10-8-15)19(25)22-18-13-17(14-23(2)21(18)27)20(26)24-11-5-3-4-6-12-24/h7-10,13-14H,3-6,11-12H2,1-2H3,(H,22,25). The highest BCUT2D eigenvalue weighted by atomic mass is 16.2. The highest BCUT2D eigenvalue weighted by molar-refractivity contribution is 6.05. The van der Waals surface area contributed by atoms with Crippen LogP contribution in [0.3, 0.4) is 0 Å². The Hall–Kier alpha value is -2.89. The van der Waals surface area contributed by atoms with Crippen molar-refractivity contribution in [2.75, 3.05) is 18.4 Å². The fourth-order valence-corrected chi connectivity index (χ4v) is 3.27. The second kappa shape index (κ2) is 8.20. The van der Waals surface area contributed by atoms with Crippen LogP contribution in [0.25, 0.3) is 0 Å². The van der Waals surface area contributed by atoms with Gasteiger partial charge in [-0.05, 0) is 38.0 Å². The fourth-order valence-electron chi connectivity index (χ4n) is 3.27. The molecule has 0 spiro atoms. The number of rotatable bonds is 3. The molecule has 0 unspecified atom stereocenters. The number of anilines is 1. The number of nitrogens with one attached hydrogen (secondary N) is 1. The highest BCUT2D eigenvalue weighted by Crippen LogP contribution is 2.15. The zero-order valence-corrected chi connectivity index (χ0v) is 15.8. The Morgan fingerprint density at radius 3 is 2.22 bits per heavy atom. The first kappa shape index (κ1) is 18.9. The van der Waals surface area contributed by atoms with E-state index >= 15 is 0 Å². The number of aromatic nitrogens is 1. The Morgan fingerprint density at radius 2 is 1.59 bits per heavy atom. The molecule has 6 nitrogen and oxygen atoms in total. The molecule has 1 fully saturated rings. The van der Waals surface area contributed by atoms with E-state index in [1.807, 2.05) is 24.0 Å². The minimum Gasteiger partial charge on any atom is -0.339 e. The Morgan fingerprint density at radius 1 is 0.963 bits per heavy atom. The number of carbonyl (C=O) groups excluding carboxylic acids is 2. The van der Waals surface area contributed by atoms with Crippen LogP contribution in [-0.4, -0.2) is 34.4 Å². The van der Waals surface area contributed by atoms with Crippen molar-refractivity contribution in [1.29, 1.82) is 0 Å². The van der Waals surface area contributed by atoms with E-state index in [4.69, 9.17) is 0 Å². The Bertz CT molecular complexity index is 892. The van der Waals surface area contributed by atoms with E-state index in [1.54, 1.807) is 19.2 Å². The highest BCUT2D eigenvalue weighted by Gasteiger charge is 2.20. The summed E-state index contributed by atoms with van der Waals surface area (Å²) in [5.74, 6) is -0.468. The van der Waals surface area contributed by atoms with E-state index in [-0.39, 0.29) is 23.1 Å². The summed E-state index contributed by atoms with van der Waals surface area (Å²) in [7, 11) is 1.59. The molecule has 2 amide bonds. The normalized spacial score (nSPS) is 14.5. The maximum atomic E-state index is 12.9. The average Bonchev–Trinajstić information content (AvgIpc) is 2.94. The number of hydrogen-bond acceptors (Lipinski definition) is 3. The topological polar surface area (TPSA) is 71.4 Å². The van der Waals surface area contributed by atoms with Gasteiger partial charge in [0.25, 0.3) is 17.4 Å². The lowest BCUT2D eigenvalue weighted by Gasteiger charge is -2.21. The minimum absolute atomic E-state index is 0.0988. The predicted octanol–water partition coefficient (Wildman–Crippen LogP) is 2.96. The smallest absolute Gasteiger partial charge is 0.274 e. The molecule has 1 aromatic heterocycles. The van der Waals surface area contributed by atoms with Gasteiger partial charge in [-0.2, -0.15) is 0 Å². The monoisotopic (exact) mass is 367 g/mol. The number of carbonyl (C=O) groups is 2. The van der Waals surface area contributed by atoms with Gasteiger partial charge in [0.05, 0.1) is 5.56 Å². The molecule has 3 rings (SSSR count). The van der Waals surface area contributed by atoms with Gasteiger partial charge in [-0.3, -0.25) is 14.4 Å². The summed E-state index contributed by atoms with van der Waals surface area (Å²) in [6.07, 6.45) is 5.80. The van der Waals surface area contributed by atoms with Crippen molar-refractivity contribution < 1.29 is 9.59 Å². The lowest BCUT2D eigenvalue weighted by Crippen LogP contribution is -2.33. The number of benzene rings is 1. The first-order chi connectivity index (χ1) is 13.0. The molecule has 1 saturated heterocycles. The van der Waals surface area contributed by atoms with Crippen molar-refractivity contribution in [2.24, 2.45) is 7.05 Å². The molecular weight excluding hydrogens is 342 g/mol. The zero-order chi connectivity index (χ0) is 19.4. The lowest BCUT2D eigenvalue weighted by atomic mass is 10.1. The molecule has 0 saturated carbocycles. The van der Waals surface area contributed by atoms with Crippen LogP contribution in [0.5, 0.6) is 0 Å². The third-order valence-corrected chi connectivity index (χ3v) is 4.89. The number of pyridine rings is 1. The average molecular weight is 367 g/mol. The second-order valence-corrected chi connectivity index (χ2v) is 7.09. The minimum atomic E-state index is -0.369. The molecule has 1 aliphatic heterocycles. The van der Waals surface area contributed by atoms with Crippen molar-refractivity contribution in [3.63, 3.8) is 0 Å². The van der Waals surface area contributed by atoms with Crippen molar-refractivity contribution in [3.05, 3.63) is 63.6 Å². The summed E-state index contributed by atoms with van der Waals surface area (Å²) in [4.78, 5) is 39.6. The SMILES string of the molecule is Cc1ccc(C(=O)Nc2cc(C(=O)N3CCCCCC3)cn(C)c2=O)cc1. The third-order valence-electron chi connectivity index (χ3n) is 4.89. The molecule has 1 N–H and O–H groups in total. The van der Waals surface area contributed by atoms with E-state index in [2.05, 4.69) is 5.32 Å². The van der Waals surface area contributed by atoms with Gasteiger partial charge in [0.2, 0.25) is 0 Å². The van der Waals surface area contributed by atoms with Gasteiger partial charge in [-0.25, -0.2) is 0 Å². The number of aryl methyl sites for hydroxylation is 2. The van der Waals surface area contributed by atoms with Crippen LogP contribution in [0.2, 0.25) is 0 Å². The molecular formula is C21H25N3O3. The van der Waals surface area contributed by atoms with Gasteiger partial charge in [-0.1, -0.05) is 30.5 Å². The Balaban J connectivity index is 1.85. The van der Waals surface area contributed by atoms with Crippen LogP contribution >= 0.6 is 0 Å². The lowest BCUT2D eigenvalue weighted by molar-refractivity contribution is 0.0760. The summed E-state index contributed by atoms with van der Waals surface area (Å²) in [6.45, 7) is 3.40. The summed E-state index contributed by atoms with van der Waals surface area (Å²) >= 11 is 0. The molecule has 27 heavy (non-hydrogen) atoms. The zero-order valence-electron chi connectivity index (χ0n) is 15.8. The molecule has 6 heteroatoms. The first-order valence-corrected chi connectivity index (χ1v) is 9.33. The van der Waals surface area contributed by atoms with Crippen LogP contribution < -0.4 is 10.9 Å². The molecule has 0 bridgehead atoms. The first-order valence-electron chi connectivity index (χ1n) is 9.33. The van der Waals surface area contributed by atoms with Gasteiger partial charge in [-0.15, -0.1) is 0 Å². The molecule has 0 atom stereocenters. The van der Waals surface area contributed by atoms with Gasteiger partial charge in [0, 0.05) is 31.9 Å². The van der Waals surface area contributed by atoms with E-state index in [1.165, 1.54) is 16.8 Å². The van der Waals surface area contributed by atoms with Crippen molar-refractivity contribution >= 4 is 17.5 Å². The maximum Gasteiger partial charge on any atom is 0.274 e. The van der Waals surface area contributed by atoms with Crippen molar-refractivity contribution in [1.82, 2.24) is 9.47 Å². The van der Waals surface area contributed by atoms with E-state index in [0.717, 1.165) is 44.3 Å². The molecule has 1 aromatic carbocycles. The number of amides is 2. The number of nitrogens with zero attached hydrogens (tertiary/aromatic N) is 2. The molecule has 0 radical (unpaired) electrons. The number of likely N-dealkylation sites (tertiary alicyclic amines) is 1. The molecule has 2 heterocycles. The van der Waals surface area contributed by atoms with Gasteiger partial charge < -0.3 is 14.8 Å². The van der Waals surface area contributed by atoms with Crippen LogP contribution in [0.4, 0.5) is 5.69 Å². The molecule has 142 valence electrons. The second-order valence-electron chi connectivity index (χ2n) is 7.09. The van der Waals surface area contributed by atoms with Crippen molar-refractivity contribution in [3.8, 4) is 0 Å². The summed E-state index contributed by atoms with van der Waals surface area (Å²) in [5.41, 5.74) is 1.70. The van der Waals surface area contributed by atoms with E-state index in [9.17, 15) is 14.4 Å². The Labute approximate surface area is 158 Å². The quantitative estimate of drug-likeness (QED) is 0.907. The summed E-state index contributed by atoms with van der Waals surface area (Å²) in [5, 5.41) is 2.65. The molecule has 1 aliphatic rings. The van der Waals surface area contributed by atoms with Crippen LogP contribution in [-0.2, 0) is 7.05 Å². The van der Waals surface area contributed by atoms with Crippen LogP contribution in [0.15, 0.2) is 41.3 Å². The molecule has 2 aromatic rings. The van der Waals surface area contributed by atoms with E-state index < -0.39 is 0 Å². The van der Waals surface area contributed by atoms with Gasteiger partial charge in [0.15, 0.2) is 0 Å². The summed E-state index contributed by atoms with van der Waals surface area (Å²) in [6, 6.07) is 8.59. The van der Waals surface area contributed by atoms with Crippen molar-refractivity contribution in [2.45, 2.75) is 32.6 Å². The summed E-state index contributed by atoms with van der Waals surface area (Å²) < 4.78 is 1.34. The van der Waals surface area contributed by atoms with Gasteiger partial charge >= 0.3 is 0 Å². The molecule has 0 aliphatic carbocycles. The van der Waals surface area contributed by atoms with Gasteiger partial charge in [0.1, 0.15) is 5.69 Å². The largest absolute Gasteiger partial charge is 0.339 e. The Kier molecular flexibility index (Phi) is 5.74. The predicted molar refractivity (Wildman–Crippen MR) is 105 cm³/mol.